The number of ether oxygens (including phenoxy) is 1. The first-order chi connectivity index (χ1) is 8.61. The molecule has 4 nitrogen and oxygen atoms in total. The summed E-state index contributed by atoms with van der Waals surface area (Å²) in [4.78, 5) is 12.1. The van der Waals surface area contributed by atoms with Crippen LogP contribution in [-0.4, -0.2) is 30.7 Å². The maximum atomic E-state index is 12.1. The first kappa shape index (κ1) is 13.6. The molecule has 18 heavy (non-hydrogen) atoms. The normalized spacial score (nSPS) is 16.6. The van der Waals surface area contributed by atoms with Gasteiger partial charge >= 0.3 is 0 Å². The number of carbonyl (C=O) groups excluding carboxylic acids is 1. The Bertz CT molecular complexity index is 427. The largest absolute Gasteiger partial charge is 0.384 e. The van der Waals surface area contributed by atoms with Crippen LogP contribution >= 0.6 is 15.9 Å². The monoisotopic (exact) mass is 314 g/mol. The van der Waals surface area contributed by atoms with Gasteiger partial charge in [0.25, 0.3) is 5.91 Å². The number of rotatable bonds is 6. The number of nitrogens with zero attached hydrogens (tertiary/aromatic N) is 1. The topological polar surface area (TPSA) is 43.3 Å². The first-order valence-electron chi connectivity index (χ1n) is 6.26. The molecule has 1 fully saturated rings. The Hall–Kier alpha value is -0.810. The van der Waals surface area contributed by atoms with E-state index in [0.29, 0.717) is 25.1 Å². The van der Waals surface area contributed by atoms with E-state index in [-0.39, 0.29) is 5.91 Å². The van der Waals surface area contributed by atoms with Gasteiger partial charge in [0.15, 0.2) is 0 Å². The van der Waals surface area contributed by atoms with Crippen LogP contribution in [0.25, 0.3) is 0 Å². The molecule has 1 heterocycles. The molecule has 0 radical (unpaired) electrons. The molecule has 0 spiro atoms. The number of hydrogen-bond donors (Lipinski definition) is 1. The highest BCUT2D eigenvalue weighted by molar-refractivity contribution is 9.10. The molecule has 1 atom stereocenters. The van der Waals surface area contributed by atoms with Gasteiger partial charge in [0, 0.05) is 30.4 Å². The number of halogens is 1. The minimum Gasteiger partial charge on any atom is -0.384 e. The van der Waals surface area contributed by atoms with Crippen LogP contribution in [0, 0.1) is 5.92 Å². The number of carbonyl (C=O) groups is 1. The fourth-order valence-corrected chi connectivity index (χ4v) is 2.42. The second-order valence-corrected chi connectivity index (χ2v) is 5.87. The molecule has 0 saturated heterocycles. The Morgan fingerprint density at radius 2 is 2.39 bits per heavy atom. The van der Waals surface area contributed by atoms with Gasteiger partial charge in [-0.25, -0.2) is 0 Å². The highest BCUT2D eigenvalue weighted by Gasteiger charge is 2.27. The zero-order chi connectivity index (χ0) is 13.1. The lowest BCUT2D eigenvalue weighted by atomic mass is 10.2. The summed E-state index contributed by atoms with van der Waals surface area (Å²) in [6.45, 7) is 3.35. The van der Waals surface area contributed by atoms with Crippen molar-refractivity contribution in [3.05, 3.63) is 22.4 Å². The van der Waals surface area contributed by atoms with E-state index in [4.69, 9.17) is 4.74 Å². The number of amides is 1. The number of aromatic nitrogens is 1. The van der Waals surface area contributed by atoms with Gasteiger partial charge in [0.1, 0.15) is 5.69 Å². The summed E-state index contributed by atoms with van der Waals surface area (Å²) in [5.41, 5.74) is 0.744. The Kier molecular flexibility index (Phi) is 4.45. The molecule has 1 unspecified atom stereocenters. The van der Waals surface area contributed by atoms with Crippen LogP contribution in [0.3, 0.4) is 0 Å². The summed E-state index contributed by atoms with van der Waals surface area (Å²) in [5, 5.41) is 2.96. The van der Waals surface area contributed by atoms with Crippen molar-refractivity contribution < 1.29 is 9.53 Å². The minimum absolute atomic E-state index is 0.00412. The third-order valence-electron chi connectivity index (χ3n) is 3.05. The maximum Gasteiger partial charge on any atom is 0.267 e. The van der Waals surface area contributed by atoms with E-state index < -0.39 is 0 Å². The predicted molar refractivity (Wildman–Crippen MR) is 73.8 cm³/mol. The second kappa shape index (κ2) is 5.89. The van der Waals surface area contributed by atoms with Gasteiger partial charge in [-0.2, -0.15) is 0 Å². The van der Waals surface area contributed by atoms with E-state index in [9.17, 15) is 4.79 Å². The van der Waals surface area contributed by atoms with Crippen LogP contribution in [-0.2, 0) is 4.74 Å². The van der Waals surface area contributed by atoms with E-state index in [0.717, 1.165) is 10.2 Å². The fourth-order valence-electron chi connectivity index (χ4n) is 1.98. The van der Waals surface area contributed by atoms with Crippen LogP contribution in [0.4, 0.5) is 0 Å². The molecule has 1 aromatic heterocycles. The number of hydrogen-bond acceptors (Lipinski definition) is 2. The quantitative estimate of drug-likeness (QED) is 0.877. The van der Waals surface area contributed by atoms with Gasteiger partial charge in [-0.05, 0) is 40.8 Å². The molecule has 100 valence electrons. The third-order valence-corrected chi connectivity index (χ3v) is 3.48. The average molecular weight is 315 g/mol. The van der Waals surface area contributed by atoms with Gasteiger partial charge < -0.3 is 14.6 Å². The Labute approximate surface area is 116 Å². The summed E-state index contributed by atoms with van der Waals surface area (Å²) in [6, 6.07) is 2.39. The molecular formula is C13H19BrN2O2. The lowest BCUT2D eigenvalue weighted by Gasteiger charge is -2.12. The first-order valence-corrected chi connectivity index (χ1v) is 7.05. The molecule has 1 aliphatic carbocycles. The molecule has 5 heteroatoms. The van der Waals surface area contributed by atoms with E-state index >= 15 is 0 Å². The van der Waals surface area contributed by atoms with E-state index in [1.54, 1.807) is 7.11 Å². The van der Waals surface area contributed by atoms with E-state index in [1.165, 1.54) is 12.8 Å². The summed E-state index contributed by atoms with van der Waals surface area (Å²) >= 11 is 3.43. The van der Waals surface area contributed by atoms with E-state index in [1.807, 2.05) is 12.3 Å². The smallest absolute Gasteiger partial charge is 0.267 e. The van der Waals surface area contributed by atoms with E-state index in [2.05, 4.69) is 32.7 Å². The van der Waals surface area contributed by atoms with Crippen molar-refractivity contribution in [2.75, 3.05) is 20.3 Å². The zero-order valence-electron chi connectivity index (χ0n) is 10.8. The zero-order valence-corrected chi connectivity index (χ0v) is 12.4. The summed E-state index contributed by atoms with van der Waals surface area (Å²) in [6.07, 6.45) is 4.33. The lowest BCUT2D eigenvalue weighted by Crippen LogP contribution is -2.31. The van der Waals surface area contributed by atoms with Gasteiger partial charge in [0.05, 0.1) is 6.61 Å². The number of methoxy groups -OCH3 is 1. The second-order valence-electron chi connectivity index (χ2n) is 4.95. The molecule has 1 N–H and O–H groups in total. The van der Waals surface area contributed by atoms with Crippen molar-refractivity contribution in [3.63, 3.8) is 0 Å². The summed E-state index contributed by atoms with van der Waals surface area (Å²) in [7, 11) is 1.67. The van der Waals surface area contributed by atoms with Crippen molar-refractivity contribution in [2.24, 2.45) is 5.92 Å². The van der Waals surface area contributed by atoms with Crippen LogP contribution < -0.4 is 5.32 Å². The molecule has 0 aromatic carbocycles. The predicted octanol–water partition coefficient (Wildman–Crippen LogP) is 2.60. The van der Waals surface area contributed by atoms with Crippen molar-refractivity contribution in [2.45, 2.75) is 25.8 Å². The summed E-state index contributed by atoms with van der Waals surface area (Å²) < 4.78 is 8.09. The van der Waals surface area contributed by atoms with Gasteiger partial charge in [0.2, 0.25) is 0 Å². The standard InChI is InChI=1S/C13H19BrN2O2/c1-9(8-18-2)6-15-13(17)12-5-10(14)7-16(12)11-3-4-11/h5,7,9,11H,3-4,6,8H2,1-2H3,(H,15,17). The van der Waals surface area contributed by atoms with Crippen molar-refractivity contribution >= 4 is 21.8 Å². The summed E-state index contributed by atoms with van der Waals surface area (Å²) in [5.74, 6) is 0.322. The fraction of sp³-hybridized carbons (Fsp3) is 0.615. The van der Waals surface area contributed by atoms with Crippen LogP contribution in [0.1, 0.15) is 36.3 Å². The maximum absolute atomic E-state index is 12.1. The molecule has 2 rings (SSSR count). The van der Waals surface area contributed by atoms with Gasteiger partial charge in [-0.3, -0.25) is 4.79 Å². The van der Waals surface area contributed by atoms with Crippen molar-refractivity contribution in [1.29, 1.82) is 0 Å². The number of nitrogens with one attached hydrogen (secondary N) is 1. The van der Waals surface area contributed by atoms with Gasteiger partial charge in [-0.1, -0.05) is 6.92 Å². The molecule has 0 bridgehead atoms. The third kappa shape index (κ3) is 3.36. The Morgan fingerprint density at radius 1 is 1.67 bits per heavy atom. The Morgan fingerprint density at radius 3 is 3.00 bits per heavy atom. The van der Waals surface area contributed by atoms with Crippen molar-refractivity contribution in [3.8, 4) is 0 Å². The highest BCUT2D eigenvalue weighted by atomic mass is 79.9. The lowest BCUT2D eigenvalue weighted by molar-refractivity contribution is 0.0924. The minimum atomic E-state index is -0.00412. The van der Waals surface area contributed by atoms with Crippen LogP contribution in [0.15, 0.2) is 16.7 Å². The Balaban J connectivity index is 1.96. The molecular weight excluding hydrogens is 296 g/mol. The van der Waals surface area contributed by atoms with Crippen LogP contribution in [0.2, 0.25) is 0 Å². The van der Waals surface area contributed by atoms with Crippen LogP contribution in [0.5, 0.6) is 0 Å². The van der Waals surface area contributed by atoms with Crippen molar-refractivity contribution in [1.82, 2.24) is 9.88 Å². The molecule has 0 aliphatic heterocycles. The molecule has 1 amide bonds. The molecule has 1 saturated carbocycles. The highest BCUT2D eigenvalue weighted by Crippen LogP contribution is 2.37. The molecule has 1 aromatic rings. The molecule has 1 aliphatic rings. The average Bonchev–Trinajstić information content (AvgIpc) is 3.10. The van der Waals surface area contributed by atoms with Gasteiger partial charge in [-0.15, -0.1) is 0 Å². The SMILES string of the molecule is COCC(C)CNC(=O)c1cc(Br)cn1C1CC1.